The minimum atomic E-state index is -0.320. The van der Waals surface area contributed by atoms with Crippen molar-refractivity contribution in [3.63, 3.8) is 0 Å². The molecule has 4 rings (SSSR count). The van der Waals surface area contributed by atoms with Gasteiger partial charge >= 0.3 is 0 Å². The Morgan fingerprint density at radius 1 is 1.32 bits per heavy atom. The molecule has 0 spiro atoms. The number of nitrogens with one attached hydrogen (secondary N) is 1. The maximum atomic E-state index is 12.7. The average Bonchev–Trinajstić information content (AvgIpc) is 3.21. The van der Waals surface area contributed by atoms with Crippen LogP contribution in [0.3, 0.4) is 0 Å². The summed E-state index contributed by atoms with van der Waals surface area (Å²) in [5, 5.41) is 13.9. The number of aryl methyl sites for hydroxylation is 1. The fraction of sp³-hybridized carbons (Fsp3) is 0.389. The molecule has 130 valence electrons. The van der Waals surface area contributed by atoms with Gasteiger partial charge in [0.05, 0.1) is 11.6 Å². The number of hydrogen-bond donors (Lipinski definition) is 2. The Kier molecular flexibility index (Phi) is 4.00. The fourth-order valence-corrected chi connectivity index (χ4v) is 3.78. The van der Waals surface area contributed by atoms with Crippen LogP contribution in [0.1, 0.15) is 44.3 Å². The molecule has 0 aromatic heterocycles. The summed E-state index contributed by atoms with van der Waals surface area (Å²) in [6.45, 7) is 2.00. The second-order valence-electron chi connectivity index (χ2n) is 6.46. The molecule has 3 aliphatic rings. The van der Waals surface area contributed by atoms with Crippen LogP contribution in [0.25, 0.3) is 22.8 Å². The summed E-state index contributed by atoms with van der Waals surface area (Å²) in [4.78, 5) is 21.4. The second-order valence-corrected chi connectivity index (χ2v) is 6.90. The Bertz CT molecular complexity index is 956. The van der Waals surface area contributed by atoms with Crippen molar-refractivity contribution in [3.05, 3.63) is 39.3 Å². The molecule has 2 heterocycles. The minimum absolute atomic E-state index is 0.0371. The molecule has 1 fully saturated rings. The van der Waals surface area contributed by atoms with E-state index in [1.807, 2.05) is 11.6 Å². The third-order valence-corrected chi connectivity index (χ3v) is 5.12. The first-order valence-corrected chi connectivity index (χ1v) is 8.96. The van der Waals surface area contributed by atoms with Crippen LogP contribution in [-0.4, -0.2) is 24.9 Å². The standard InChI is InChI=1S/C18H19ClN4O2/c1-2-13-15-17(23(22-13)11-5-3-4-6-11)20-16(21-18(15)25)12-8-7-10(19)9-14(12)24/h7-9,11,22,24H,2-6H2,1H3. The molecule has 2 aliphatic heterocycles. The Labute approximate surface area is 149 Å². The molecule has 0 bridgehead atoms. The van der Waals surface area contributed by atoms with Gasteiger partial charge in [-0.25, -0.2) is 4.98 Å². The number of halogens is 1. The lowest BCUT2D eigenvalue weighted by atomic mass is 10.1. The number of hydrogen-bond acceptors (Lipinski definition) is 4. The predicted molar refractivity (Wildman–Crippen MR) is 96.3 cm³/mol. The highest BCUT2D eigenvalue weighted by atomic mass is 35.5. The number of nitrogens with zero attached hydrogens (tertiary/aromatic N) is 3. The first-order chi connectivity index (χ1) is 12.1. The van der Waals surface area contributed by atoms with Crippen molar-refractivity contribution in [1.29, 1.82) is 0 Å². The van der Waals surface area contributed by atoms with Crippen molar-refractivity contribution in [1.82, 2.24) is 19.7 Å². The number of benzene rings is 1. The summed E-state index contributed by atoms with van der Waals surface area (Å²) in [7, 11) is 0. The monoisotopic (exact) mass is 358 g/mol. The summed E-state index contributed by atoms with van der Waals surface area (Å²) in [6.07, 6.45) is 5.21. The summed E-state index contributed by atoms with van der Waals surface area (Å²) in [5.41, 5.74) is 1.49. The predicted octanol–water partition coefficient (Wildman–Crippen LogP) is 3.77. The second kappa shape index (κ2) is 6.19. The van der Waals surface area contributed by atoms with Gasteiger partial charge < -0.3 is 5.11 Å². The van der Waals surface area contributed by atoms with Crippen LogP contribution in [-0.2, 0) is 6.42 Å². The maximum absolute atomic E-state index is 12.7. The van der Waals surface area contributed by atoms with Gasteiger partial charge in [0.15, 0.2) is 11.6 Å². The lowest BCUT2D eigenvalue weighted by Gasteiger charge is -2.14. The van der Waals surface area contributed by atoms with E-state index >= 15 is 0 Å². The Morgan fingerprint density at radius 3 is 2.76 bits per heavy atom. The third kappa shape index (κ3) is 2.70. The van der Waals surface area contributed by atoms with Gasteiger partial charge in [0.2, 0.25) is 0 Å². The van der Waals surface area contributed by atoms with Gasteiger partial charge in [-0.2, -0.15) is 4.98 Å². The van der Waals surface area contributed by atoms with E-state index in [0.29, 0.717) is 34.4 Å². The lowest BCUT2D eigenvalue weighted by Crippen LogP contribution is -2.17. The number of fused-ring (bicyclic) bond motifs is 1. The molecule has 0 unspecified atom stereocenters. The molecule has 1 aliphatic carbocycles. The number of H-pyrrole nitrogens is 1. The summed E-state index contributed by atoms with van der Waals surface area (Å²) >= 11 is 5.89. The highest BCUT2D eigenvalue weighted by Crippen LogP contribution is 2.35. The molecular formula is C18H19ClN4O2. The molecule has 0 atom stereocenters. The highest BCUT2D eigenvalue weighted by Gasteiger charge is 2.28. The van der Waals surface area contributed by atoms with Crippen molar-refractivity contribution in [2.24, 2.45) is 0 Å². The summed E-state index contributed by atoms with van der Waals surface area (Å²) < 4.78 is 2.01. The molecule has 6 nitrogen and oxygen atoms in total. The molecule has 0 radical (unpaired) electrons. The van der Waals surface area contributed by atoms with Gasteiger partial charge in [-0.3, -0.25) is 14.6 Å². The molecule has 0 saturated heterocycles. The van der Waals surface area contributed by atoms with E-state index in [-0.39, 0.29) is 17.1 Å². The van der Waals surface area contributed by atoms with E-state index in [1.54, 1.807) is 12.1 Å². The SMILES string of the molecule is CCc1[nH]n(C2CCCC2)c2nc(-c3ccc(Cl)cc3O)nc(=O)c1-2. The maximum Gasteiger partial charge on any atom is 0.284 e. The van der Waals surface area contributed by atoms with Gasteiger partial charge in [-0.05, 0) is 37.5 Å². The molecule has 2 N–H and O–H groups in total. The van der Waals surface area contributed by atoms with Crippen molar-refractivity contribution >= 4 is 11.6 Å². The van der Waals surface area contributed by atoms with Crippen LogP contribution in [0.4, 0.5) is 0 Å². The van der Waals surface area contributed by atoms with Crippen LogP contribution in [0, 0.1) is 0 Å². The zero-order chi connectivity index (χ0) is 17.6. The molecule has 1 aromatic rings. The van der Waals surface area contributed by atoms with Crippen LogP contribution < -0.4 is 5.56 Å². The van der Waals surface area contributed by atoms with E-state index in [9.17, 15) is 9.90 Å². The van der Waals surface area contributed by atoms with Crippen LogP contribution >= 0.6 is 11.6 Å². The van der Waals surface area contributed by atoms with Crippen molar-refractivity contribution < 1.29 is 5.11 Å². The van der Waals surface area contributed by atoms with E-state index in [0.717, 1.165) is 18.5 Å². The van der Waals surface area contributed by atoms with Gasteiger partial charge in [0.25, 0.3) is 5.56 Å². The molecule has 25 heavy (non-hydrogen) atoms. The minimum Gasteiger partial charge on any atom is -0.507 e. The van der Waals surface area contributed by atoms with E-state index < -0.39 is 0 Å². The van der Waals surface area contributed by atoms with E-state index in [1.165, 1.54) is 18.9 Å². The van der Waals surface area contributed by atoms with Crippen molar-refractivity contribution in [2.75, 3.05) is 0 Å². The number of aromatic hydroxyl groups is 1. The number of phenolic OH excluding ortho intramolecular Hbond substituents is 1. The molecule has 1 saturated carbocycles. The van der Waals surface area contributed by atoms with Crippen LogP contribution in [0.2, 0.25) is 5.02 Å². The van der Waals surface area contributed by atoms with Gasteiger partial charge in [0.1, 0.15) is 11.3 Å². The van der Waals surface area contributed by atoms with Crippen molar-refractivity contribution in [2.45, 2.75) is 45.1 Å². The normalized spacial score (nSPS) is 15.3. The van der Waals surface area contributed by atoms with Crippen molar-refractivity contribution in [3.8, 4) is 28.5 Å². The number of phenols is 1. The van der Waals surface area contributed by atoms with Crippen LogP contribution in [0.5, 0.6) is 5.75 Å². The Balaban J connectivity index is 1.94. The van der Waals surface area contributed by atoms with Gasteiger partial charge in [-0.15, -0.1) is 0 Å². The zero-order valence-corrected chi connectivity index (χ0v) is 14.7. The molecular weight excluding hydrogens is 340 g/mol. The first-order valence-electron chi connectivity index (χ1n) is 8.58. The van der Waals surface area contributed by atoms with E-state index in [2.05, 4.69) is 15.1 Å². The number of aromatic amines is 1. The molecule has 1 aromatic carbocycles. The number of rotatable bonds is 3. The quantitative estimate of drug-likeness (QED) is 0.746. The summed E-state index contributed by atoms with van der Waals surface area (Å²) in [5.74, 6) is 0.804. The Hall–Kier alpha value is -2.34. The lowest BCUT2D eigenvalue weighted by molar-refractivity contribution is 0.464. The van der Waals surface area contributed by atoms with E-state index in [4.69, 9.17) is 11.6 Å². The topological polar surface area (TPSA) is 83.8 Å². The fourth-order valence-electron chi connectivity index (χ4n) is 3.62. The average molecular weight is 359 g/mol. The van der Waals surface area contributed by atoms with Gasteiger partial charge in [0, 0.05) is 10.7 Å². The molecule has 0 amide bonds. The first kappa shape index (κ1) is 16.1. The van der Waals surface area contributed by atoms with Gasteiger partial charge in [-0.1, -0.05) is 31.4 Å². The number of aromatic nitrogens is 4. The smallest absolute Gasteiger partial charge is 0.284 e. The Morgan fingerprint density at radius 2 is 2.08 bits per heavy atom. The third-order valence-electron chi connectivity index (χ3n) is 4.89. The zero-order valence-electron chi connectivity index (χ0n) is 13.9. The summed E-state index contributed by atoms with van der Waals surface area (Å²) in [6, 6.07) is 5.03. The van der Waals surface area contributed by atoms with Crippen LogP contribution in [0.15, 0.2) is 23.0 Å². The largest absolute Gasteiger partial charge is 0.507 e. The molecule has 7 heteroatoms. The highest BCUT2D eigenvalue weighted by molar-refractivity contribution is 6.30.